The lowest BCUT2D eigenvalue weighted by Gasteiger charge is -2.38. The van der Waals surface area contributed by atoms with Gasteiger partial charge in [-0.05, 0) is 55.7 Å². The van der Waals surface area contributed by atoms with E-state index >= 15 is 0 Å². The molecule has 3 aromatic rings. The number of benzene rings is 2. The monoisotopic (exact) mass is 486 g/mol. The van der Waals surface area contributed by atoms with Gasteiger partial charge < -0.3 is 19.1 Å². The van der Waals surface area contributed by atoms with Gasteiger partial charge in [0.05, 0.1) is 35.9 Å². The Labute approximate surface area is 204 Å². The van der Waals surface area contributed by atoms with Crippen molar-refractivity contribution < 1.29 is 9.53 Å². The fourth-order valence-electron chi connectivity index (χ4n) is 4.89. The number of carbonyl (C=O) groups excluding carboxylic acids is 1. The number of carbonyl (C=O) groups is 1. The van der Waals surface area contributed by atoms with Crippen LogP contribution < -0.4 is 4.90 Å². The Hall–Kier alpha value is -2.28. The fourth-order valence-corrected chi connectivity index (χ4v) is 5.46. The van der Waals surface area contributed by atoms with Crippen LogP contribution in [0.2, 0.25) is 10.0 Å². The molecule has 6 nitrogen and oxygen atoms in total. The van der Waals surface area contributed by atoms with Crippen molar-refractivity contribution >= 4 is 45.8 Å². The fraction of sp³-hybridized carbons (Fsp3) is 0.440. The zero-order chi connectivity index (χ0) is 22.9. The van der Waals surface area contributed by atoms with Gasteiger partial charge in [-0.15, -0.1) is 0 Å². The summed E-state index contributed by atoms with van der Waals surface area (Å²) in [5.41, 5.74) is 4.15. The van der Waals surface area contributed by atoms with Gasteiger partial charge in [-0.3, -0.25) is 4.79 Å². The first-order valence-electron chi connectivity index (χ1n) is 11.5. The number of amides is 1. The van der Waals surface area contributed by atoms with Gasteiger partial charge in [-0.2, -0.15) is 0 Å². The van der Waals surface area contributed by atoms with E-state index in [0.29, 0.717) is 16.7 Å². The van der Waals surface area contributed by atoms with Crippen LogP contribution in [0.5, 0.6) is 0 Å². The molecular formula is C25H28Cl2N4O2. The second kappa shape index (κ2) is 9.53. The minimum Gasteiger partial charge on any atom is -0.381 e. The first-order valence-corrected chi connectivity index (χ1v) is 12.3. The molecule has 0 radical (unpaired) electrons. The van der Waals surface area contributed by atoms with Crippen LogP contribution in [0.25, 0.3) is 11.0 Å². The van der Waals surface area contributed by atoms with Crippen LogP contribution in [0.15, 0.2) is 42.7 Å². The number of nitrogens with zero attached hydrogens (tertiary/aromatic N) is 4. The Morgan fingerprint density at radius 1 is 1.12 bits per heavy atom. The van der Waals surface area contributed by atoms with Crippen LogP contribution in [-0.4, -0.2) is 59.8 Å². The average molecular weight is 487 g/mol. The first-order chi connectivity index (χ1) is 16.0. The van der Waals surface area contributed by atoms with Gasteiger partial charge in [0.15, 0.2) is 0 Å². The predicted molar refractivity (Wildman–Crippen MR) is 132 cm³/mol. The van der Waals surface area contributed by atoms with Crippen LogP contribution in [0.4, 0.5) is 5.69 Å². The zero-order valence-corrected chi connectivity index (χ0v) is 20.2. The van der Waals surface area contributed by atoms with Gasteiger partial charge in [-0.1, -0.05) is 29.3 Å². The Balaban J connectivity index is 1.32. The van der Waals surface area contributed by atoms with Crippen molar-refractivity contribution in [2.24, 2.45) is 5.92 Å². The van der Waals surface area contributed by atoms with Crippen LogP contribution in [-0.2, 0) is 9.53 Å². The molecule has 33 heavy (non-hydrogen) atoms. The van der Waals surface area contributed by atoms with Crippen LogP contribution in [0.1, 0.15) is 31.4 Å². The van der Waals surface area contributed by atoms with Crippen molar-refractivity contribution in [2.45, 2.75) is 25.8 Å². The molecule has 2 aromatic carbocycles. The molecule has 1 amide bonds. The third-order valence-corrected chi connectivity index (χ3v) is 7.42. The number of rotatable bonds is 4. The maximum absolute atomic E-state index is 12.8. The summed E-state index contributed by atoms with van der Waals surface area (Å²) in [6, 6.07) is 12.0. The van der Waals surface area contributed by atoms with Crippen molar-refractivity contribution in [2.75, 3.05) is 44.3 Å². The molecule has 0 bridgehead atoms. The van der Waals surface area contributed by atoms with Gasteiger partial charge in [0.2, 0.25) is 5.91 Å². The number of imidazole rings is 1. The van der Waals surface area contributed by atoms with Gasteiger partial charge in [0, 0.05) is 48.5 Å². The standard InChI is InChI=1S/C25H28Cl2N4O2/c1-17(21-6-4-19(26)13-22(21)27)31-16-28-23-7-5-20(14-24(23)31)29-8-10-30(11-9-29)25(32)18-3-2-12-33-15-18/h4-7,13-14,16-18H,2-3,8-12,15H2,1H3/t17-,18?/m1/s1. The first kappa shape index (κ1) is 22.5. The molecule has 2 aliphatic rings. The molecule has 1 aromatic heterocycles. The summed E-state index contributed by atoms with van der Waals surface area (Å²) in [5.74, 6) is 0.272. The molecule has 8 heteroatoms. The van der Waals surface area contributed by atoms with E-state index < -0.39 is 0 Å². The maximum Gasteiger partial charge on any atom is 0.228 e. The molecule has 2 saturated heterocycles. The van der Waals surface area contributed by atoms with Gasteiger partial charge in [0.25, 0.3) is 0 Å². The smallest absolute Gasteiger partial charge is 0.228 e. The highest BCUT2D eigenvalue weighted by molar-refractivity contribution is 6.35. The highest BCUT2D eigenvalue weighted by Gasteiger charge is 2.29. The highest BCUT2D eigenvalue weighted by Crippen LogP contribution is 2.32. The Bertz CT molecular complexity index is 1150. The van der Waals surface area contributed by atoms with E-state index in [1.54, 1.807) is 6.07 Å². The molecule has 0 aliphatic carbocycles. The van der Waals surface area contributed by atoms with E-state index in [4.69, 9.17) is 27.9 Å². The second-order valence-corrected chi connectivity index (χ2v) is 9.74. The van der Waals surface area contributed by atoms with E-state index in [2.05, 4.69) is 39.6 Å². The lowest BCUT2D eigenvalue weighted by atomic mass is 10.0. The summed E-state index contributed by atoms with van der Waals surface area (Å²) < 4.78 is 7.66. The van der Waals surface area contributed by atoms with E-state index in [0.717, 1.165) is 67.9 Å². The van der Waals surface area contributed by atoms with E-state index in [1.807, 2.05) is 23.4 Å². The van der Waals surface area contributed by atoms with Crippen molar-refractivity contribution in [3.8, 4) is 0 Å². The summed E-state index contributed by atoms with van der Waals surface area (Å²) in [5, 5.41) is 1.28. The molecule has 2 fully saturated rings. The number of anilines is 1. The molecule has 174 valence electrons. The van der Waals surface area contributed by atoms with Gasteiger partial charge in [0.1, 0.15) is 0 Å². The van der Waals surface area contributed by atoms with E-state index in [9.17, 15) is 4.79 Å². The lowest BCUT2D eigenvalue weighted by molar-refractivity contribution is -0.140. The van der Waals surface area contributed by atoms with Crippen LogP contribution in [0, 0.1) is 5.92 Å². The van der Waals surface area contributed by atoms with Gasteiger partial charge in [-0.25, -0.2) is 4.98 Å². The Morgan fingerprint density at radius 3 is 2.67 bits per heavy atom. The Morgan fingerprint density at radius 2 is 1.94 bits per heavy atom. The number of ether oxygens (including phenoxy) is 1. The zero-order valence-electron chi connectivity index (χ0n) is 18.7. The Kier molecular flexibility index (Phi) is 6.50. The third-order valence-electron chi connectivity index (χ3n) is 6.85. The molecule has 0 spiro atoms. The normalized spacial score (nSPS) is 20.3. The minimum absolute atomic E-state index is 0.0159. The SMILES string of the molecule is C[C@H](c1ccc(Cl)cc1Cl)n1cnc2ccc(N3CCN(C(=O)C4CCCOC4)CC3)cc21. The van der Waals surface area contributed by atoms with Crippen molar-refractivity contribution in [1.82, 2.24) is 14.5 Å². The minimum atomic E-state index is 0.0159. The number of aromatic nitrogens is 2. The molecule has 1 unspecified atom stereocenters. The van der Waals surface area contributed by atoms with Crippen molar-refractivity contribution in [3.63, 3.8) is 0 Å². The van der Waals surface area contributed by atoms with Crippen LogP contribution >= 0.6 is 23.2 Å². The van der Waals surface area contributed by atoms with Crippen molar-refractivity contribution in [1.29, 1.82) is 0 Å². The second-order valence-electron chi connectivity index (χ2n) is 8.89. The molecule has 2 atom stereocenters. The topological polar surface area (TPSA) is 50.6 Å². The molecule has 0 saturated carbocycles. The summed E-state index contributed by atoms with van der Waals surface area (Å²) >= 11 is 12.6. The maximum atomic E-state index is 12.8. The van der Waals surface area contributed by atoms with Crippen molar-refractivity contribution in [3.05, 3.63) is 58.3 Å². The summed E-state index contributed by atoms with van der Waals surface area (Å²) in [6.07, 6.45) is 3.78. The highest BCUT2D eigenvalue weighted by atomic mass is 35.5. The predicted octanol–water partition coefficient (Wildman–Crippen LogP) is 5.03. The third kappa shape index (κ3) is 4.57. The molecule has 5 rings (SSSR count). The van der Waals surface area contributed by atoms with E-state index in [1.165, 1.54) is 0 Å². The lowest BCUT2D eigenvalue weighted by Crippen LogP contribution is -2.51. The molecule has 0 N–H and O–H groups in total. The average Bonchev–Trinajstić information content (AvgIpc) is 3.27. The molecular weight excluding hydrogens is 459 g/mol. The molecule has 2 aliphatic heterocycles. The van der Waals surface area contributed by atoms with Crippen LogP contribution in [0.3, 0.4) is 0 Å². The number of halogens is 2. The number of piperazine rings is 1. The summed E-state index contributed by atoms with van der Waals surface area (Å²) in [6.45, 7) is 6.57. The number of fused-ring (bicyclic) bond motifs is 1. The van der Waals surface area contributed by atoms with E-state index in [-0.39, 0.29) is 17.9 Å². The molecule has 3 heterocycles. The van der Waals surface area contributed by atoms with Gasteiger partial charge >= 0.3 is 0 Å². The summed E-state index contributed by atoms with van der Waals surface area (Å²) in [7, 11) is 0. The number of hydrogen-bond acceptors (Lipinski definition) is 4. The quantitative estimate of drug-likeness (QED) is 0.518. The number of hydrogen-bond donors (Lipinski definition) is 0. The summed E-state index contributed by atoms with van der Waals surface area (Å²) in [4.78, 5) is 21.8. The largest absolute Gasteiger partial charge is 0.381 e.